The summed E-state index contributed by atoms with van der Waals surface area (Å²) >= 11 is 7.37. The molecule has 0 fully saturated rings. The van der Waals surface area contributed by atoms with Crippen molar-refractivity contribution >= 4 is 28.8 Å². The van der Waals surface area contributed by atoms with Crippen LogP contribution in [0.1, 0.15) is 41.5 Å². The van der Waals surface area contributed by atoms with Crippen molar-refractivity contribution in [1.82, 2.24) is 10.3 Å². The highest BCUT2D eigenvalue weighted by Gasteiger charge is 2.18. The normalized spacial score (nSPS) is 12.4. The molecular formula is C15H17ClN2O2S. The average molecular weight is 325 g/mol. The molecule has 1 atom stereocenters. The summed E-state index contributed by atoms with van der Waals surface area (Å²) in [4.78, 5) is 27.1. The minimum Gasteiger partial charge on any atom is -0.344 e. The Morgan fingerprint density at radius 2 is 2.24 bits per heavy atom. The summed E-state index contributed by atoms with van der Waals surface area (Å²) in [6, 6.07) is 5.33. The first-order chi connectivity index (χ1) is 9.97. The summed E-state index contributed by atoms with van der Waals surface area (Å²) < 4.78 is 0. The molecule has 4 nitrogen and oxygen atoms in total. The molecule has 0 saturated carbocycles. The molecule has 112 valence electrons. The Kier molecular flexibility index (Phi) is 5.20. The minimum absolute atomic E-state index is 0.0131. The highest BCUT2D eigenvalue weighted by molar-refractivity contribution is 7.10. The van der Waals surface area contributed by atoms with Crippen molar-refractivity contribution in [2.45, 2.75) is 26.3 Å². The van der Waals surface area contributed by atoms with E-state index in [0.717, 1.165) is 11.3 Å². The molecule has 1 amide bonds. The lowest BCUT2D eigenvalue weighted by Gasteiger charge is -2.19. The molecule has 2 aromatic rings. The first-order valence-corrected chi connectivity index (χ1v) is 7.95. The number of halogens is 1. The highest BCUT2D eigenvalue weighted by atomic mass is 35.5. The van der Waals surface area contributed by atoms with Gasteiger partial charge in [-0.2, -0.15) is 0 Å². The first-order valence-electron chi connectivity index (χ1n) is 6.70. The molecule has 2 rings (SSSR count). The summed E-state index contributed by atoms with van der Waals surface area (Å²) in [5, 5.41) is 5.01. The molecular weight excluding hydrogens is 308 g/mol. The number of aromatic amines is 1. The molecule has 0 bridgehead atoms. The fourth-order valence-electron chi connectivity index (χ4n) is 2.04. The van der Waals surface area contributed by atoms with Gasteiger partial charge in [0.1, 0.15) is 5.02 Å². The Hall–Kier alpha value is -1.59. The summed E-state index contributed by atoms with van der Waals surface area (Å²) in [5.74, 6) is 0.212. The quantitative estimate of drug-likeness (QED) is 0.882. The number of aromatic nitrogens is 1. The van der Waals surface area contributed by atoms with E-state index in [9.17, 15) is 9.59 Å². The standard InChI is InChI=1S/C15H17ClN2O2S/c1-9(2)6-12(13-4-3-5-21-13)18-14(19)10-7-11(16)15(20)17-8-10/h3-5,7-9,12H,6H2,1-2H3,(H,17,20)(H,18,19)/t12-/m0/s1. The number of thiophene rings is 1. The minimum atomic E-state index is -0.398. The van der Waals surface area contributed by atoms with Gasteiger partial charge in [-0.25, -0.2) is 0 Å². The van der Waals surface area contributed by atoms with Crippen LogP contribution in [0.3, 0.4) is 0 Å². The van der Waals surface area contributed by atoms with Crippen LogP contribution < -0.4 is 10.9 Å². The van der Waals surface area contributed by atoms with E-state index in [1.54, 1.807) is 11.3 Å². The highest BCUT2D eigenvalue weighted by Crippen LogP contribution is 2.25. The Labute approximate surface area is 132 Å². The van der Waals surface area contributed by atoms with Gasteiger partial charge < -0.3 is 10.3 Å². The molecule has 0 unspecified atom stereocenters. The SMILES string of the molecule is CC(C)C[C@H](NC(=O)c1c[nH]c(=O)c(Cl)c1)c1cccs1. The van der Waals surface area contributed by atoms with Gasteiger partial charge in [0.2, 0.25) is 0 Å². The van der Waals surface area contributed by atoms with E-state index in [2.05, 4.69) is 24.1 Å². The smallest absolute Gasteiger partial charge is 0.266 e. The van der Waals surface area contributed by atoms with Gasteiger partial charge in [-0.15, -0.1) is 11.3 Å². The van der Waals surface area contributed by atoms with E-state index < -0.39 is 5.56 Å². The molecule has 0 radical (unpaired) electrons. The molecule has 0 saturated heterocycles. The monoisotopic (exact) mass is 324 g/mol. The number of H-pyrrole nitrogens is 1. The lowest BCUT2D eigenvalue weighted by atomic mass is 10.0. The number of rotatable bonds is 5. The van der Waals surface area contributed by atoms with Crippen molar-refractivity contribution in [3.8, 4) is 0 Å². The van der Waals surface area contributed by atoms with Crippen LogP contribution in [0.2, 0.25) is 5.02 Å². The van der Waals surface area contributed by atoms with Crippen molar-refractivity contribution in [2.75, 3.05) is 0 Å². The van der Waals surface area contributed by atoms with Crippen molar-refractivity contribution in [3.63, 3.8) is 0 Å². The van der Waals surface area contributed by atoms with Crippen LogP contribution in [0.4, 0.5) is 0 Å². The zero-order valence-electron chi connectivity index (χ0n) is 11.9. The number of amides is 1. The Morgan fingerprint density at radius 1 is 1.48 bits per heavy atom. The molecule has 0 aromatic carbocycles. The van der Waals surface area contributed by atoms with E-state index in [0.29, 0.717) is 11.5 Å². The maximum Gasteiger partial charge on any atom is 0.266 e. The van der Waals surface area contributed by atoms with Crippen LogP contribution in [-0.4, -0.2) is 10.9 Å². The third kappa shape index (κ3) is 4.19. The van der Waals surface area contributed by atoms with Gasteiger partial charge in [0.25, 0.3) is 11.5 Å². The van der Waals surface area contributed by atoms with Gasteiger partial charge in [0.15, 0.2) is 0 Å². The van der Waals surface area contributed by atoms with E-state index in [4.69, 9.17) is 11.6 Å². The molecule has 21 heavy (non-hydrogen) atoms. The summed E-state index contributed by atoms with van der Waals surface area (Å²) in [7, 11) is 0. The maximum atomic E-state index is 12.3. The lowest BCUT2D eigenvalue weighted by Crippen LogP contribution is -2.29. The second kappa shape index (κ2) is 6.91. The zero-order chi connectivity index (χ0) is 15.4. The largest absolute Gasteiger partial charge is 0.344 e. The number of hydrogen-bond donors (Lipinski definition) is 2. The van der Waals surface area contributed by atoms with Crippen molar-refractivity contribution in [1.29, 1.82) is 0 Å². The maximum absolute atomic E-state index is 12.3. The second-order valence-electron chi connectivity index (χ2n) is 5.24. The van der Waals surface area contributed by atoms with Crippen LogP contribution >= 0.6 is 22.9 Å². The van der Waals surface area contributed by atoms with Crippen LogP contribution in [0.5, 0.6) is 0 Å². The second-order valence-corrected chi connectivity index (χ2v) is 6.62. The number of hydrogen-bond acceptors (Lipinski definition) is 3. The van der Waals surface area contributed by atoms with Crippen LogP contribution in [0, 0.1) is 5.92 Å². The predicted octanol–water partition coefficient (Wildman–Crippen LogP) is 3.61. The van der Waals surface area contributed by atoms with Crippen molar-refractivity contribution in [2.24, 2.45) is 5.92 Å². The fourth-order valence-corrected chi connectivity index (χ4v) is 3.00. The van der Waals surface area contributed by atoms with Gasteiger partial charge in [-0.3, -0.25) is 9.59 Å². The number of nitrogens with one attached hydrogen (secondary N) is 2. The molecule has 0 aliphatic rings. The molecule has 2 N–H and O–H groups in total. The molecule has 0 aliphatic carbocycles. The Morgan fingerprint density at radius 3 is 2.81 bits per heavy atom. The Balaban J connectivity index is 2.17. The number of carbonyl (C=O) groups is 1. The van der Waals surface area contributed by atoms with Gasteiger partial charge in [0.05, 0.1) is 11.6 Å². The van der Waals surface area contributed by atoms with Crippen LogP contribution in [0.15, 0.2) is 34.6 Å². The predicted molar refractivity (Wildman–Crippen MR) is 86.1 cm³/mol. The zero-order valence-corrected chi connectivity index (χ0v) is 13.4. The molecule has 6 heteroatoms. The van der Waals surface area contributed by atoms with Crippen LogP contribution in [-0.2, 0) is 0 Å². The third-order valence-electron chi connectivity index (χ3n) is 3.02. The van der Waals surface area contributed by atoms with Crippen LogP contribution in [0.25, 0.3) is 0 Å². The van der Waals surface area contributed by atoms with Crippen molar-refractivity contribution < 1.29 is 4.79 Å². The number of pyridine rings is 1. The molecule has 0 aliphatic heterocycles. The lowest BCUT2D eigenvalue weighted by molar-refractivity contribution is 0.0932. The molecule has 2 aromatic heterocycles. The van der Waals surface area contributed by atoms with E-state index in [1.165, 1.54) is 12.3 Å². The molecule has 2 heterocycles. The van der Waals surface area contributed by atoms with E-state index in [1.807, 2.05) is 17.5 Å². The Bertz CT molecular complexity index is 665. The van der Waals surface area contributed by atoms with E-state index in [-0.39, 0.29) is 17.0 Å². The fraction of sp³-hybridized carbons (Fsp3) is 0.333. The first kappa shape index (κ1) is 15.8. The van der Waals surface area contributed by atoms with Gasteiger partial charge >= 0.3 is 0 Å². The van der Waals surface area contributed by atoms with Crippen molar-refractivity contribution in [3.05, 3.63) is 55.6 Å². The topological polar surface area (TPSA) is 62.0 Å². The summed E-state index contributed by atoms with van der Waals surface area (Å²) in [6.07, 6.45) is 2.23. The summed E-state index contributed by atoms with van der Waals surface area (Å²) in [5.41, 5.74) is -0.0462. The van der Waals surface area contributed by atoms with E-state index >= 15 is 0 Å². The third-order valence-corrected chi connectivity index (χ3v) is 4.29. The molecule has 0 spiro atoms. The van der Waals surface area contributed by atoms with Gasteiger partial charge in [0, 0.05) is 11.1 Å². The van der Waals surface area contributed by atoms with Gasteiger partial charge in [-0.05, 0) is 29.9 Å². The van der Waals surface area contributed by atoms with Gasteiger partial charge in [-0.1, -0.05) is 31.5 Å². The number of carbonyl (C=O) groups excluding carboxylic acids is 1. The average Bonchev–Trinajstić information content (AvgIpc) is 2.94. The summed E-state index contributed by atoms with van der Waals surface area (Å²) in [6.45, 7) is 4.23.